The summed E-state index contributed by atoms with van der Waals surface area (Å²) in [6.07, 6.45) is 0. The monoisotopic (exact) mass is 273 g/mol. The molecular formula is C15H19N3O2. The van der Waals surface area contributed by atoms with Gasteiger partial charge in [-0.25, -0.2) is 0 Å². The number of rotatable bonds is 2. The third-order valence-electron chi connectivity index (χ3n) is 3.08. The van der Waals surface area contributed by atoms with Gasteiger partial charge in [0.05, 0.1) is 0 Å². The lowest BCUT2D eigenvalue weighted by molar-refractivity contribution is -0.123. The number of carbonyl (C=O) groups excluding carboxylic acids is 1. The van der Waals surface area contributed by atoms with Crippen LogP contribution in [0.5, 0.6) is 0 Å². The molecule has 0 radical (unpaired) electrons. The van der Waals surface area contributed by atoms with Crippen LogP contribution in [-0.2, 0) is 4.79 Å². The van der Waals surface area contributed by atoms with E-state index >= 15 is 0 Å². The molecule has 0 bridgehead atoms. The third kappa shape index (κ3) is 3.04. The van der Waals surface area contributed by atoms with Crippen molar-refractivity contribution in [2.45, 2.75) is 34.6 Å². The molecule has 2 rings (SSSR count). The number of carbonyl (C=O) groups is 1. The van der Waals surface area contributed by atoms with Crippen LogP contribution in [0.15, 0.2) is 22.6 Å². The summed E-state index contributed by atoms with van der Waals surface area (Å²) in [4.78, 5) is 11.8. The predicted molar refractivity (Wildman–Crippen MR) is 77.3 cm³/mol. The average molecular weight is 273 g/mol. The van der Waals surface area contributed by atoms with Crippen molar-refractivity contribution >= 4 is 11.9 Å². The predicted octanol–water partition coefficient (Wildman–Crippen LogP) is 3.34. The Balaban J connectivity index is 2.21. The Bertz CT molecular complexity index is 639. The Hall–Kier alpha value is -2.17. The molecule has 1 aromatic carbocycles. The fourth-order valence-corrected chi connectivity index (χ4v) is 1.55. The molecule has 5 nitrogen and oxygen atoms in total. The van der Waals surface area contributed by atoms with Crippen LogP contribution < -0.4 is 5.32 Å². The minimum absolute atomic E-state index is 0.123. The number of benzene rings is 1. The molecule has 0 fully saturated rings. The second-order valence-electron chi connectivity index (χ2n) is 5.92. The Kier molecular flexibility index (Phi) is 3.61. The second-order valence-corrected chi connectivity index (χ2v) is 5.92. The van der Waals surface area contributed by atoms with Crippen LogP contribution in [0.2, 0.25) is 0 Å². The van der Waals surface area contributed by atoms with Gasteiger partial charge in [-0.2, -0.15) is 0 Å². The minimum atomic E-state index is -0.505. The Morgan fingerprint density at radius 2 is 1.85 bits per heavy atom. The number of nitrogens with one attached hydrogen (secondary N) is 1. The standard InChI is InChI=1S/C15H19N3O2/c1-9-6-7-11(8-10(9)2)12-17-18-14(20-12)16-13(19)15(3,4)5/h6-8H,1-5H3,(H,16,18,19). The van der Waals surface area contributed by atoms with E-state index in [1.807, 2.05) is 52.8 Å². The summed E-state index contributed by atoms with van der Waals surface area (Å²) >= 11 is 0. The Labute approximate surface area is 118 Å². The molecule has 0 spiro atoms. The highest BCUT2D eigenvalue weighted by molar-refractivity contribution is 5.92. The largest absolute Gasteiger partial charge is 0.403 e. The third-order valence-corrected chi connectivity index (χ3v) is 3.08. The van der Waals surface area contributed by atoms with Gasteiger partial charge in [0.1, 0.15) is 0 Å². The maximum absolute atomic E-state index is 11.8. The van der Waals surface area contributed by atoms with Gasteiger partial charge < -0.3 is 4.42 Å². The first-order chi connectivity index (χ1) is 9.27. The highest BCUT2D eigenvalue weighted by atomic mass is 16.4. The summed E-state index contributed by atoms with van der Waals surface area (Å²) in [5, 5.41) is 10.4. The van der Waals surface area contributed by atoms with Crippen LogP contribution >= 0.6 is 0 Å². The SMILES string of the molecule is Cc1ccc(-c2nnc(NC(=O)C(C)(C)C)o2)cc1C. The quantitative estimate of drug-likeness (QED) is 0.911. The van der Waals surface area contributed by atoms with Gasteiger partial charge in [0.2, 0.25) is 11.8 Å². The van der Waals surface area contributed by atoms with Gasteiger partial charge in [0, 0.05) is 11.0 Å². The smallest absolute Gasteiger partial charge is 0.322 e. The first-order valence-corrected chi connectivity index (χ1v) is 6.50. The number of aromatic nitrogens is 2. The average Bonchev–Trinajstić information content (AvgIpc) is 2.80. The molecule has 1 aromatic heterocycles. The summed E-state index contributed by atoms with van der Waals surface area (Å²) in [6.45, 7) is 9.54. The van der Waals surface area contributed by atoms with Crippen LogP contribution in [0.1, 0.15) is 31.9 Å². The molecule has 0 aliphatic rings. The number of amides is 1. The molecule has 0 unspecified atom stereocenters. The van der Waals surface area contributed by atoms with Crippen molar-refractivity contribution in [3.63, 3.8) is 0 Å². The van der Waals surface area contributed by atoms with E-state index in [-0.39, 0.29) is 11.9 Å². The first kappa shape index (κ1) is 14.2. The van der Waals surface area contributed by atoms with Crippen LogP contribution in [-0.4, -0.2) is 16.1 Å². The van der Waals surface area contributed by atoms with Crippen molar-refractivity contribution in [2.75, 3.05) is 5.32 Å². The van der Waals surface area contributed by atoms with Crippen molar-refractivity contribution in [2.24, 2.45) is 5.41 Å². The molecule has 0 aliphatic heterocycles. The van der Waals surface area contributed by atoms with Gasteiger partial charge in [0.25, 0.3) is 0 Å². The molecule has 1 heterocycles. The van der Waals surface area contributed by atoms with Gasteiger partial charge >= 0.3 is 6.01 Å². The maximum Gasteiger partial charge on any atom is 0.322 e. The second kappa shape index (κ2) is 5.07. The number of hydrogen-bond donors (Lipinski definition) is 1. The Morgan fingerprint density at radius 1 is 1.15 bits per heavy atom. The number of anilines is 1. The summed E-state index contributed by atoms with van der Waals surface area (Å²) in [5.74, 6) is 0.241. The molecule has 1 N–H and O–H groups in total. The zero-order valence-corrected chi connectivity index (χ0v) is 12.4. The van der Waals surface area contributed by atoms with Crippen molar-refractivity contribution in [3.8, 4) is 11.5 Å². The van der Waals surface area contributed by atoms with Crippen molar-refractivity contribution < 1.29 is 9.21 Å². The maximum atomic E-state index is 11.8. The lowest BCUT2D eigenvalue weighted by Gasteiger charge is -2.15. The van der Waals surface area contributed by atoms with E-state index in [9.17, 15) is 4.79 Å². The van der Waals surface area contributed by atoms with Gasteiger partial charge in [-0.3, -0.25) is 10.1 Å². The van der Waals surface area contributed by atoms with Gasteiger partial charge in [-0.15, -0.1) is 5.10 Å². The lowest BCUT2D eigenvalue weighted by atomic mass is 9.96. The van der Waals surface area contributed by atoms with E-state index in [1.54, 1.807) is 0 Å². The molecule has 20 heavy (non-hydrogen) atoms. The first-order valence-electron chi connectivity index (χ1n) is 6.50. The van der Waals surface area contributed by atoms with Crippen LogP contribution in [0, 0.1) is 19.3 Å². The van der Waals surface area contributed by atoms with Crippen LogP contribution in [0.3, 0.4) is 0 Å². The van der Waals surface area contributed by atoms with E-state index in [0.717, 1.165) is 11.1 Å². The van der Waals surface area contributed by atoms with E-state index < -0.39 is 5.41 Å². The number of hydrogen-bond acceptors (Lipinski definition) is 4. The molecule has 0 saturated carbocycles. The molecular weight excluding hydrogens is 254 g/mol. The van der Waals surface area contributed by atoms with E-state index in [2.05, 4.69) is 15.5 Å². The Morgan fingerprint density at radius 3 is 2.45 bits per heavy atom. The summed E-state index contributed by atoms with van der Waals surface area (Å²) in [6, 6.07) is 6.03. The molecule has 0 saturated heterocycles. The van der Waals surface area contributed by atoms with Gasteiger partial charge in [-0.1, -0.05) is 31.9 Å². The zero-order chi connectivity index (χ0) is 14.9. The van der Waals surface area contributed by atoms with E-state index in [4.69, 9.17) is 4.42 Å². The van der Waals surface area contributed by atoms with Gasteiger partial charge in [0.15, 0.2) is 0 Å². The summed E-state index contributed by atoms with van der Waals surface area (Å²) < 4.78 is 5.48. The fraction of sp³-hybridized carbons (Fsp3) is 0.400. The zero-order valence-electron chi connectivity index (χ0n) is 12.4. The normalized spacial score (nSPS) is 11.4. The summed E-state index contributed by atoms with van der Waals surface area (Å²) in [5.41, 5.74) is 2.70. The van der Waals surface area contributed by atoms with Crippen molar-refractivity contribution in [1.29, 1.82) is 0 Å². The molecule has 106 valence electrons. The fourth-order valence-electron chi connectivity index (χ4n) is 1.55. The highest BCUT2D eigenvalue weighted by Crippen LogP contribution is 2.23. The van der Waals surface area contributed by atoms with Crippen molar-refractivity contribution in [1.82, 2.24) is 10.2 Å². The van der Waals surface area contributed by atoms with Crippen molar-refractivity contribution in [3.05, 3.63) is 29.3 Å². The number of nitrogens with zero attached hydrogens (tertiary/aromatic N) is 2. The number of aryl methyl sites for hydroxylation is 2. The van der Waals surface area contributed by atoms with Gasteiger partial charge in [-0.05, 0) is 37.1 Å². The molecule has 2 aromatic rings. The lowest BCUT2D eigenvalue weighted by Crippen LogP contribution is -2.27. The minimum Gasteiger partial charge on any atom is -0.403 e. The molecule has 0 aliphatic carbocycles. The summed E-state index contributed by atoms with van der Waals surface area (Å²) in [7, 11) is 0. The molecule has 5 heteroatoms. The molecule has 0 atom stereocenters. The van der Waals surface area contributed by atoms with E-state index in [0.29, 0.717) is 5.89 Å². The highest BCUT2D eigenvalue weighted by Gasteiger charge is 2.23. The molecule has 1 amide bonds. The topological polar surface area (TPSA) is 68.0 Å². The van der Waals surface area contributed by atoms with Crippen LogP contribution in [0.4, 0.5) is 6.01 Å². The van der Waals surface area contributed by atoms with E-state index in [1.165, 1.54) is 5.56 Å². The van der Waals surface area contributed by atoms with Crippen LogP contribution in [0.25, 0.3) is 11.5 Å².